The molecule has 0 aromatic carbocycles. The fourth-order valence-corrected chi connectivity index (χ4v) is 1.44. The van der Waals surface area contributed by atoms with E-state index in [0.29, 0.717) is 18.5 Å². The third-order valence-electron chi connectivity index (χ3n) is 2.27. The van der Waals surface area contributed by atoms with Crippen LogP contribution in [-0.2, 0) is 4.79 Å². The van der Waals surface area contributed by atoms with Crippen LogP contribution in [0.4, 0.5) is 0 Å². The first-order valence-corrected chi connectivity index (χ1v) is 5.12. The summed E-state index contributed by atoms with van der Waals surface area (Å²) in [7, 11) is 0. The molecule has 9 heteroatoms. The van der Waals surface area contributed by atoms with E-state index in [9.17, 15) is 9.90 Å². The third-order valence-corrected chi connectivity index (χ3v) is 2.27. The van der Waals surface area contributed by atoms with E-state index in [-0.39, 0.29) is 36.0 Å². The van der Waals surface area contributed by atoms with Gasteiger partial charge < -0.3 is 27.1 Å². The largest absolute Gasteiger partial charge is 1.00 e. The molecule has 1 heterocycles. The van der Waals surface area contributed by atoms with Crippen molar-refractivity contribution >= 4 is 5.97 Å². The first-order chi connectivity index (χ1) is 7.90. The number of aromatic nitrogens is 3. The number of carbonyl (C=O) groups is 1. The molecule has 94 valence electrons. The molecule has 0 fully saturated rings. The second kappa shape index (κ2) is 7.72. The second-order valence-electron chi connectivity index (χ2n) is 3.92. The molecule has 0 amide bonds. The summed E-state index contributed by atoms with van der Waals surface area (Å²) in [5, 5.41) is 21.5. The summed E-state index contributed by atoms with van der Waals surface area (Å²) in [6, 6.07) is 1.48. The summed E-state index contributed by atoms with van der Waals surface area (Å²) in [6.07, 6.45) is 2.41. The standard InChI is InChI=1S/C9H16N6O2.Na/c10-9(11,12)4-1-2-6(8(16)17)7-3-5-13-15-14-7;/h3,5-6H,1-2,4,10-12H2,(H,16,17);/q;+1/p-1. The van der Waals surface area contributed by atoms with Crippen LogP contribution in [0.15, 0.2) is 12.3 Å². The molecular weight excluding hydrogens is 247 g/mol. The Labute approximate surface area is 127 Å². The second-order valence-corrected chi connectivity index (χ2v) is 3.92. The third kappa shape index (κ3) is 6.34. The minimum atomic E-state index is -1.29. The van der Waals surface area contributed by atoms with Crippen LogP contribution in [-0.4, -0.2) is 27.2 Å². The predicted octanol–water partition coefficient (Wildman–Crippen LogP) is -5.59. The molecule has 0 bridgehead atoms. The van der Waals surface area contributed by atoms with Gasteiger partial charge in [0.15, 0.2) is 0 Å². The summed E-state index contributed by atoms with van der Waals surface area (Å²) in [5.41, 5.74) is 16.5. The molecule has 0 aliphatic rings. The number of hydrogen-bond acceptors (Lipinski definition) is 8. The van der Waals surface area contributed by atoms with Crippen LogP contribution in [0.25, 0.3) is 0 Å². The molecule has 1 unspecified atom stereocenters. The zero-order valence-electron chi connectivity index (χ0n) is 10.2. The number of nitrogens with two attached hydrogens (primary N) is 3. The number of aliphatic carboxylic acids is 1. The van der Waals surface area contributed by atoms with E-state index in [0.717, 1.165) is 0 Å². The van der Waals surface area contributed by atoms with Gasteiger partial charge in [-0.25, -0.2) is 0 Å². The van der Waals surface area contributed by atoms with Gasteiger partial charge >= 0.3 is 29.6 Å². The molecule has 0 aliphatic carbocycles. The minimum absolute atomic E-state index is 0. The van der Waals surface area contributed by atoms with E-state index >= 15 is 0 Å². The van der Waals surface area contributed by atoms with Crippen molar-refractivity contribution in [3.05, 3.63) is 18.0 Å². The maximum absolute atomic E-state index is 11.0. The number of carbonyl (C=O) groups excluding carboxylic acids is 1. The summed E-state index contributed by atoms with van der Waals surface area (Å²) < 4.78 is 0. The van der Waals surface area contributed by atoms with Crippen LogP contribution < -0.4 is 51.9 Å². The van der Waals surface area contributed by atoms with Gasteiger partial charge in [0.25, 0.3) is 0 Å². The Kier molecular flexibility index (Phi) is 7.45. The van der Waals surface area contributed by atoms with Crippen molar-refractivity contribution < 1.29 is 39.5 Å². The van der Waals surface area contributed by atoms with Crippen molar-refractivity contribution in [3.63, 3.8) is 0 Å². The smallest absolute Gasteiger partial charge is 0.549 e. The molecule has 0 aliphatic heterocycles. The molecule has 1 atom stereocenters. The predicted molar refractivity (Wildman–Crippen MR) is 56.7 cm³/mol. The van der Waals surface area contributed by atoms with Crippen molar-refractivity contribution in [1.82, 2.24) is 15.4 Å². The Morgan fingerprint density at radius 1 is 1.44 bits per heavy atom. The van der Waals surface area contributed by atoms with Gasteiger partial charge in [0.05, 0.1) is 17.9 Å². The molecule has 18 heavy (non-hydrogen) atoms. The van der Waals surface area contributed by atoms with Crippen LogP contribution >= 0.6 is 0 Å². The zero-order chi connectivity index (χ0) is 12.9. The van der Waals surface area contributed by atoms with Crippen molar-refractivity contribution in [1.29, 1.82) is 0 Å². The Morgan fingerprint density at radius 2 is 2.11 bits per heavy atom. The van der Waals surface area contributed by atoms with Gasteiger partial charge in [-0.1, -0.05) is 0 Å². The van der Waals surface area contributed by atoms with Crippen LogP contribution in [0.1, 0.15) is 30.9 Å². The molecule has 8 nitrogen and oxygen atoms in total. The molecule has 0 saturated carbocycles. The van der Waals surface area contributed by atoms with Crippen LogP contribution in [0.3, 0.4) is 0 Å². The fraction of sp³-hybridized carbons (Fsp3) is 0.556. The first kappa shape index (κ1) is 17.4. The molecular formula is C9H15N6NaO2. The Balaban J connectivity index is 0.00000289. The number of hydrogen-bond donors (Lipinski definition) is 3. The normalized spacial score (nSPS) is 12.6. The molecule has 0 spiro atoms. The van der Waals surface area contributed by atoms with Gasteiger partial charge in [-0.3, -0.25) is 0 Å². The number of rotatable bonds is 6. The quantitative estimate of drug-likeness (QED) is 0.338. The number of carboxylic acid groups (broad SMARTS) is 1. The van der Waals surface area contributed by atoms with Crippen molar-refractivity contribution in [2.75, 3.05) is 0 Å². The Hall–Kier alpha value is -0.640. The Morgan fingerprint density at radius 3 is 2.56 bits per heavy atom. The van der Waals surface area contributed by atoms with Gasteiger partial charge in [0.1, 0.15) is 5.79 Å². The van der Waals surface area contributed by atoms with Crippen molar-refractivity contribution in [2.24, 2.45) is 17.2 Å². The van der Waals surface area contributed by atoms with Gasteiger partial charge in [0.2, 0.25) is 0 Å². The topological polar surface area (TPSA) is 157 Å². The van der Waals surface area contributed by atoms with Gasteiger partial charge in [-0.2, -0.15) is 0 Å². The molecule has 1 aromatic heterocycles. The average Bonchev–Trinajstić information content (AvgIpc) is 2.23. The Bertz CT molecular complexity index is 369. The zero-order valence-corrected chi connectivity index (χ0v) is 12.2. The molecule has 0 saturated heterocycles. The van der Waals surface area contributed by atoms with E-state index in [1.807, 2.05) is 0 Å². The minimum Gasteiger partial charge on any atom is -0.549 e. The summed E-state index contributed by atoms with van der Waals surface area (Å²) >= 11 is 0. The number of nitrogens with zero attached hydrogens (tertiary/aromatic N) is 3. The van der Waals surface area contributed by atoms with Gasteiger partial charge in [-0.15, -0.1) is 10.2 Å². The van der Waals surface area contributed by atoms with E-state index in [1.54, 1.807) is 0 Å². The summed E-state index contributed by atoms with van der Waals surface area (Å²) in [5.74, 6) is -3.37. The van der Waals surface area contributed by atoms with E-state index in [4.69, 9.17) is 17.2 Å². The van der Waals surface area contributed by atoms with E-state index in [2.05, 4.69) is 15.4 Å². The molecule has 1 aromatic rings. The van der Waals surface area contributed by atoms with Crippen molar-refractivity contribution in [2.45, 2.75) is 31.0 Å². The first-order valence-electron chi connectivity index (χ1n) is 5.12. The van der Waals surface area contributed by atoms with Crippen LogP contribution in [0.5, 0.6) is 0 Å². The monoisotopic (exact) mass is 262 g/mol. The van der Waals surface area contributed by atoms with Crippen LogP contribution in [0, 0.1) is 0 Å². The van der Waals surface area contributed by atoms with Gasteiger partial charge in [-0.05, 0) is 30.5 Å². The maximum atomic E-state index is 11.0. The molecule has 0 radical (unpaired) electrons. The van der Waals surface area contributed by atoms with E-state index in [1.165, 1.54) is 12.3 Å². The summed E-state index contributed by atoms with van der Waals surface area (Å²) in [6.45, 7) is 0. The van der Waals surface area contributed by atoms with Crippen molar-refractivity contribution in [3.8, 4) is 0 Å². The SMILES string of the molecule is NC(N)(N)CCCC(C(=O)[O-])c1ccnnn1.[Na+]. The maximum Gasteiger partial charge on any atom is 1.00 e. The van der Waals surface area contributed by atoms with Gasteiger partial charge in [0, 0.05) is 5.92 Å². The number of carboxylic acids is 1. The molecule has 6 N–H and O–H groups in total. The van der Waals surface area contributed by atoms with E-state index < -0.39 is 17.7 Å². The molecule has 1 rings (SSSR count). The fourth-order valence-electron chi connectivity index (χ4n) is 1.44. The average molecular weight is 262 g/mol. The summed E-state index contributed by atoms with van der Waals surface area (Å²) in [4.78, 5) is 11.0. The van der Waals surface area contributed by atoms with Crippen LogP contribution in [0.2, 0.25) is 0 Å².